The molecule has 0 aromatic heterocycles. The standard InChI is InChI=1S/C15H25NO2/c1-6-16(7-2)12(18)15-9-8-14(5,11(17)10-15)13(15,3)4/h6-10H2,1-5H3/t14-,15+/m0/s1. The summed E-state index contributed by atoms with van der Waals surface area (Å²) >= 11 is 0. The van der Waals surface area contributed by atoms with Gasteiger partial charge in [0.1, 0.15) is 5.78 Å². The first-order valence-corrected chi connectivity index (χ1v) is 7.09. The molecule has 2 rings (SSSR count). The van der Waals surface area contributed by atoms with E-state index in [-0.39, 0.29) is 16.7 Å². The van der Waals surface area contributed by atoms with Crippen LogP contribution in [0.2, 0.25) is 0 Å². The average Bonchev–Trinajstić information content (AvgIpc) is 2.61. The molecule has 0 unspecified atom stereocenters. The van der Waals surface area contributed by atoms with Gasteiger partial charge in [-0.15, -0.1) is 0 Å². The summed E-state index contributed by atoms with van der Waals surface area (Å²) in [5.41, 5.74) is -0.947. The molecule has 0 heterocycles. The molecule has 102 valence electrons. The quantitative estimate of drug-likeness (QED) is 0.773. The van der Waals surface area contributed by atoms with Crippen LogP contribution in [0, 0.1) is 16.2 Å². The van der Waals surface area contributed by atoms with Crippen molar-refractivity contribution >= 4 is 11.7 Å². The Labute approximate surface area is 110 Å². The van der Waals surface area contributed by atoms with Crippen LogP contribution in [0.15, 0.2) is 0 Å². The average molecular weight is 251 g/mol. The van der Waals surface area contributed by atoms with Crippen molar-refractivity contribution in [3.8, 4) is 0 Å². The van der Waals surface area contributed by atoms with Gasteiger partial charge in [-0.2, -0.15) is 0 Å². The lowest BCUT2D eigenvalue weighted by Crippen LogP contribution is -2.48. The Balaban J connectivity index is 2.44. The van der Waals surface area contributed by atoms with Crippen molar-refractivity contribution < 1.29 is 9.59 Å². The molecule has 0 spiro atoms. The molecule has 2 saturated carbocycles. The van der Waals surface area contributed by atoms with Crippen molar-refractivity contribution in [1.82, 2.24) is 4.90 Å². The van der Waals surface area contributed by atoms with Gasteiger partial charge in [0.2, 0.25) is 5.91 Å². The second-order valence-corrected chi connectivity index (χ2v) is 6.62. The minimum atomic E-state index is -0.440. The van der Waals surface area contributed by atoms with E-state index in [9.17, 15) is 9.59 Å². The molecule has 0 aromatic rings. The second kappa shape index (κ2) is 3.82. The molecule has 3 heteroatoms. The highest BCUT2D eigenvalue weighted by atomic mass is 16.2. The number of carbonyl (C=O) groups is 2. The molecular weight excluding hydrogens is 226 g/mol. The molecule has 0 radical (unpaired) electrons. The van der Waals surface area contributed by atoms with Crippen LogP contribution in [0.5, 0.6) is 0 Å². The summed E-state index contributed by atoms with van der Waals surface area (Å²) in [5, 5.41) is 0. The van der Waals surface area contributed by atoms with Gasteiger partial charge < -0.3 is 4.90 Å². The van der Waals surface area contributed by atoms with Crippen molar-refractivity contribution in [1.29, 1.82) is 0 Å². The summed E-state index contributed by atoms with van der Waals surface area (Å²) in [7, 11) is 0. The minimum absolute atomic E-state index is 0.201. The number of ketones is 1. The van der Waals surface area contributed by atoms with Crippen LogP contribution in [-0.2, 0) is 9.59 Å². The second-order valence-electron chi connectivity index (χ2n) is 6.62. The molecule has 2 aliphatic rings. The number of Topliss-reactive ketones (excluding diaryl/α,β-unsaturated/α-hetero) is 1. The molecule has 2 bridgehead atoms. The van der Waals surface area contributed by atoms with Crippen molar-refractivity contribution in [3.05, 3.63) is 0 Å². The Morgan fingerprint density at radius 1 is 1.17 bits per heavy atom. The summed E-state index contributed by atoms with van der Waals surface area (Å²) in [6.07, 6.45) is 2.19. The van der Waals surface area contributed by atoms with Gasteiger partial charge in [0, 0.05) is 24.9 Å². The Hall–Kier alpha value is -0.860. The molecule has 0 aromatic carbocycles. The molecule has 0 saturated heterocycles. The number of fused-ring (bicyclic) bond motifs is 2. The molecular formula is C15H25NO2. The van der Waals surface area contributed by atoms with Crippen LogP contribution >= 0.6 is 0 Å². The van der Waals surface area contributed by atoms with Crippen LogP contribution in [0.3, 0.4) is 0 Å². The minimum Gasteiger partial charge on any atom is -0.343 e. The predicted molar refractivity (Wildman–Crippen MR) is 71.1 cm³/mol. The molecule has 2 fully saturated rings. The monoisotopic (exact) mass is 251 g/mol. The molecule has 1 amide bonds. The van der Waals surface area contributed by atoms with E-state index in [0.717, 1.165) is 25.9 Å². The van der Waals surface area contributed by atoms with Crippen LogP contribution in [-0.4, -0.2) is 29.7 Å². The highest BCUT2D eigenvalue weighted by Gasteiger charge is 2.72. The largest absolute Gasteiger partial charge is 0.343 e. The van der Waals surface area contributed by atoms with Crippen molar-refractivity contribution in [2.24, 2.45) is 16.2 Å². The van der Waals surface area contributed by atoms with Gasteiger partial charge in [0.15, 0.2) is 0 Å². The summed E-state index contributed by atoms with van der Waals surface area (Å²) in [6, 6.07) is 0. The van der Waals surface area contributed by atoms with E-state index in [2.05, 4.69) is 20.8 Å². The number of amides is 1. The fourth-order valence-electron chi connectivity index (χ4n) is 4.15. The van der Waals surface area contributed by atoms with Gasteiger partial charge in [-0.25, -0.2) is 0 Å². The Kier molecular flexibility index (Phi) is 2.88. The third kappa shape index (κ3) is 1.25. The number of nitrogens with zero attached hydrogens (tertiary/aromatic N) is 1. The molecule has 2 atom stereocenters. The van der Waals surface area contributed by atoms with Crippen LogP contribution in [0.25, 0.3) is 0 Å². The SMILES string of the molecule is CCN(CC)C(=O)[C@@]12CC[C@@](C)(C(=O)C1)C2(C)C. The number of carbonyl (C=O) groups excluding carboxylic acids is 2. The number of hydrogen-bond donors (Lipinski definition) is 0. The maximum Gasteiger partial charge on any atom is 0.229 e. The zero-order chi connectivity index (χ0) is 13.8. The van der Waals surface area contributed by atoms with Gasteiger partial charge in [-0.05, 0) is 32.1 Å². The van der Waals surface area contributed by atoms with Crippen molar-refractivity contribution in [3.63, 3.8) is 0 Å². The highest BCUT2D eigenvalue weighted by molar-refractivity contribution is 5.99. The highest BCUT2D eigenvalue weighted by Crippen LogP contribution is 2.70. The Morgan fingerprint density at radius 3 is 2.06 bits per heavy atom. The lowest BCUT2D eigenvalue weighted by atomic mass is 9.64. The lowest BCUT2D eigenvalue weighted by Gasteiger charge is -2.41. The van der Waals surface area contributed by atoms with E-state index in [1.807, 2.05) is 18.7 Å². The molecule has 0 aliphatic heterocycles. The normalized spacial score (nSPS) is 37.1. The number of hydrogen-bond acceptors (Lipinski definition) is 2. The van der Waals surface area contributed by atoms with E-state index in [1.165, 1.54) is 0 Å². The third-order valence-electron chi connectivity index (χ3n) is 6.17. The first kappa shape index (κ1) is 13.6. The van der Waals surface area contributed by atoms with Gasteiger partial charge in [-0.1, -0.05) is 20.8 Å². The van der Waals surface area contributed by atoms with E-state index < -0.39 is 5.41 Å². The van der Waals surface area contributed by atoms with Crippen LogP contribution in [0.4, 0.5) is 0 Å². The zero-order valence-electron chi connectivity index (χ0n) is 12.3. The predicted octanol–water partition coefficient (Wildman–Crippen LogP) is 2.64. The summed E-state index contributed by atoms with van der Waals surface area (Å²) < 4.78 is 0. The van der Waals surface area contributed by atoms with Gasteiger partial charge in [-0.3, -0.25) is 9.59 Å². The van der Waals surface area contributed by atoms with Gasteiger partial charge in [0.05, 0.1) is 5.41 Å². The van der Waals surface area contributed by atoms with Gasteiger partial charge in [0.25, 0.3) is 0 Å². The fraction of sp³-hybridized carbons (Fsp3) is 0.867. The van der Waals surface area contributed by atoms with Crippen molar-refractivity contribution in [2.75, 3.05) is 13.1 Å². The number of rotatable bonds is 3. The maximum atomic E-state index is 12.9. The summed E-state index contributed by atoms with van der Waals surface area (Å²) in [5.74, 6) is 0.492. The first-order valence-electron chi connectivity index (χ1n) is 7.09. The lowest BCUT2D eigenvalue weighted by molar-refractivity contribution is -0.147. The third-order valence-corrected chi connectivity index (χ3v) is 6.17. The first-order chi connectivity index (χ1) is 8.27. The molecule has 3 nitrogen and oxygen atoms in total. The molecule has 2 aliphatic carbocycles. The summed E-state index contributed by atoms with van der Waals surface area (Å²) in [4.78, 5) is 27.1. The van der Waals surface area contributed by atoms with E-state index >= 15 is 0 Å². The van der Waals surface area contributed by atoms with E-state index in [4.69, 9.17) is 0 Å². The Morgan fingerprint density at radius 2 is 1.72 bits per heavy atom. The fourth-order valence-corrected chi connectivity index (χ4v) is 4.15. The topological polar surface area (TPSA) is 37.4 Å². The Bertz CT molecular complexity index is 397. The van der Waals surface area contributed by atoms with E-state index in [1.54, 1.807) is 0 Å². The smallest absolute Gasteiger partial charge is 0.229 e. The maximum absolute atomic E-state index is 12.9. The molecule has 18 heavy (non-hydrogen) atoms. The summed E-state index contributed by atoms with van der Waals surface area (Å²) in [6.45, 7) is 11.8. The zero-order valence-corrected chi connectivity index (χ0v) is 12.3. The van der Waals surface area contributed by atoms with Crippen LogP contribution < -0.4 is 0 Å². The molecule has 0 N–H and O–H groups in total. The van der Waals surface area contributed by atoms with Crippen molar-refractivity contribution in [2.45, 2.75) is 53.9 Å². The van der Waals surface area contributed by atoms with Gasteiger partial charge >= 0.3 is 0 Å². The van der Waals surface area contributed by atoms with E-state index in [0.29, 0.717) is 12.2 Å². The van der Waals surface area contributed by atoms with Crippen LogP contribution in [0.1, 0.15) is 53.9 Å².